The van der Waals surface area contributed by atoms with Gasteiger partial charge in [-0.05, 0) is 36.2 Å². The maximum atomic E-state index is 13.3. The summed E-state index contributed by atoms with van der Waals surface area (Å²) >= 11 is 0. The molecule has 0 radical (unpaired) electrons. The van der Waals surface area contributed by atoms with Crippen LogP contribution in [0.25, 0.3) is 0 Å². The van der Waals surface area contributed by atoms with Gasteiger partial charge in [-0.2, -0.15) is 0 Å². The lowest BCUT2D eigenvalue weighted by Crippen LogP contribution is -2.30. The number of benzene rings is 1. The molecule has 2 rings (SSSR count). The predicted octanol–water partition coefficient (Wildman–Crippen LogP) is 1.80. The molecule has 1 heterocycles. The van der Waals surface area contributed by atoms with Gasteiger partial charge in [0.25, 0.3) is 0 Å². The number of hydrogen-bond donors (Lipinski definition) is 3. The van der Waals surface area contributed by atoms with Crippen LogP contribution in [0.4, 0.5) is 14.6 Å². The summed E-state index contributed by atoms with van der Waals surface area (Å²) in [6, 6.07) is 4.35. The standard InChI is InChI=1S/C13H14F2N4/c1-7-2-3-18-13(16)11(7)12(19-17)8-4-9(14)6-10(15)5-8/h2-6,12,19H,17H2,1H3,(H2,16,18). The zero-order valence-electron chi connectivity index (χ0n) is 10.3. The highest BCUT2D eigenvalue weighted by molar-refractivity contribution is 5.49. The van der Waals surface area contributed by atoms with E-state index >= 15 is 0 Å². The van der Waals surface area contributed by atoms with Crippen LogP contribution < -0.4 is 17.0 Å². The Kier molecular flexibility index (Phi) is 3.73. The smallest absolute Gasteiger partial charge is 0.128 e. The van der Waals surface area contributed by atoms with Gasteiger partial charge in [0.05, 0.1) is 6.04 Å². The summed E-state index contributed by atoms with van der Waals surface area (Å²) in [5.74, 6) is 4.43. The number of hydrazine groups is 1. The van der Waals surface area contributed by atoms with E-state index in [0.29, 0.717) is 11.1 Å². The van der Waals surface area contributed by atoms with Gasteiger partial charge in [0.1, 0.15) is 17.5 Å². The molecule has 0 aliphatic carbocycles. The van der Waals surface area contributed by atoms with Crippen molar-refractivity contribution in [3.05, 3.63) is 58.8 Å². The molecule has 0 spiro atoms. The van der Waals surface area contributed by atoms with E-state index in [0.717, 1.165) is 11.6 Å². The summed E-state index contributed by atoms with van der Waals surface area (Å²) in [7, 11) is 0. The second kappa shape index (κ2) is 5.29. The maximum absolute atomic E-state index is 13.3. The number of rotatable bonds is 3. The average Bonchev–Trinajstić information content (AvgIpc) is 2.32. The molecule has 1 aromatic carbocycles. The number of halogens is 2. The van der Waals surface area contributed by atoms with Crippen LogP contribution in [0.5, 0.6) is 0 Å². The minimum atomic E-state index is -0.671. The van der Waals surface area contributed by atoms with E-state index in [1.54, 1.807) is 12.3 Å². The van der Waals surface area contributed by atoms with Crippen LogP contribution in [0.1, 0.15) is 22.7 Å². The monoisotopic (exact) mass is 264 g/mol. The first-order valence-corrected chi connectivity index (χ1v) is 5.66. The molecule has 2 aromatic rings. The lowest BCUT2D eigenvalue weighted by atomic mass is 9.96. The van der Waals surface area contributed by atoms with Gasteiger partial charge < -0.3 is 5.73 Å². The fourth-order valence-corrected chi connectivity index (χ4v) is 2.05. The lowest BCUT2D eigenvalue weighted by molar-refractivity contribution is 0.565. The molecular weight excluding hydrogens is 250 g/mol. The molecule has 0 amide bonds. The van der Waals surface area contributed by atoms with Crippen LogP contribution >= 0.6 is 0 Å². The molecule has 4 nitrogen and oxygen atoms in total. The number of nitrogens with one attached hydrogen (secondary N) is 1. The van der Waals surface area contributed by atoms with Crippen LogP contribution in [-0.2, 0) is 0 Å². The number of anilines is 1. The fraction of sp³-hybridized carbons (Fsp3) is 0.154. The molecule has 1 unspecified atom stereocenters. The number of hydrogen-bond acceptors (Lipinski definition) is 4. The van der Waals surface area contributed by atoms with Gasteiger partial charge in [0.15, 0.2) is 0 Å². The fourth-order valence-electron chi connectivity index (χ4n) is 2.05. The SMILES string of the molecule is Cc1ccnc(N)c1C(NN)c1cc(F)cc(F)c1. The van der Waals surface area contributed by atoms with Crippen molar-refractivity contribution in [3.8, 4) is 0 Å². The second-order valence-electron chi connectivity index (χ2n) is 4.23. The van der Waals surface area contributed by atoms with Crippen molar-refractivity contribution in [3.63, 3.8) is 0 Å². The van der Waals surface area contributed by atoms with Gasteiger partial charge in [-0.15, -0.1) is 0 Å². The van der Waals surface area contributed by atoms with Gasteiger partial charge in [0.2, 0.25) is 0 Å². The number of nitrogens with zero attached hydrogens (tertiary/aromatic N) is 1. The third-order valence-corrected chi connectivity index (χ3v) is 2.91. The third-order valence-electron chi connectivity index (χ3n) is 2.91. The molecule has 0 aliphatic heterocycles. The van der Waals surface area contributed by atoms with E-state index in [4.69, 9.17) is 11.6 Å². The molecule has 5 N–H and O–H groups in total. The van der Waals surface area contributed by atoms with Crippen LogP contribution in [-0.4, -0.2) is 4.98 Å². The summed E-state index contributed by atoms with van der Waals surface area (Å²) in [6.07, 6.45) is 1.56. The number of nitrogens with two attached hydrogens (primary N) is 2. The lowest BCUT2D eigenvalue weighted by Gasteiger charge is -2.20. The number of aryl methyl sites for hydroxylation is 1. The van der Waals surface area contributed by atoms with E-state index in [2.05, 4.69) is 10.4 Å². The largest absolute Gasteiger partial charge is 0.383 e. The molecule has 1 aromatic heterocycles. The van der Waals surface area contributed by atoms with Crippen molar-refractivity contribution >= 4 is 5.82 Å². The second-order valence-corrected chi connectivity index (χ2v) is 4.23. The van der Waals surface area contributed by atoms with E-state index in [1.165, 1.54) is 12.1 Å². The number of aromatic nitrogens is 1. The van der Waals surface area contributed by atoms with E-state index in [1.807, 2.05) is 6.92 Å². The molecule has 0 bridgehead atoms. The van der Waals surface area contributed by atoms with Crippen molar-refractivity contribution < 1.29 is 8.78 Å². The zero-order valence-corrected chi connectivity index (χ0v) is 10.3. The molecule has 0 aliphatic rings. The minimum Gasteiger partial charge on any atom is -0.383 e. The van der Waals surface area contributed by atoms with Gasteiger partial charge in [0, 0.05) is 17.8 Å². The van der Waals surface area contributed by atoms with Gasteiger partial charge >= 0.3 is 0 Å². The Balaban J connectivity index is 2.56. The summed E-state index contributed by atoms with van der Waals surface area (Å²) in [5, 5.41) is 0. The van der Waals surface area contributed by atoms with Crippen molar-refractivity contribution in [2.75, 3.05) is 5.73 Å². The third kappa shape index (κ3) is 2.69. The van der Waals surface area contributed by atoms with Crippen molar-refractivity contribution in [1.82, 2.24) is 10.4 Å². The Morgan fingerprint density at radius 3 is 2.37 bits per heavy atom. The normalized spacial score (nSPS) is 12.4. The molecular formula is C13H14F2N4. The Labute approximate surface area is 109 Å². The van der Waals surface area contributed by atoms with Crippen molar-refractivity contribution in [2.45, 2.75) is 13.0 Å². The first kappa shape index (κ1) is 13.4. The molecule has 19 heavy (non-hydrogen) atoms. The molecule has 6 heteroatoms. The van der Waals surface area contributed by atoms with Crippen molar-refractivity contribution in [1.29, 1.82) is 0 Å². The Bertz CT molecular complexity index is 561. The summed E-state index contributed by atoms with van der Waals surface area (Å²) in [4.78, 5) is 3.97. The van der Waals surface area contributed by atoms with E-state index < -0.39 is 17.7 Å². The molecule has 0 saturated heterocycles. The first-order valence-electron chi connectivity index (χ1n) is 5.66. The van der Waals surface area contributed by atoms with E-state index in [-0.39, 0.29) is 5.82 Å². The van der Waals surface area contributed by atoms with Crippen LogP contribution in [0.2, 0.25) is 0 Å². The van der Waals surface area contributed by atoms with Gasteiger partial charge in [-0.25, -0.2) is 19.2 Å². The highest BCUT2D eigenvalue weighted by Crippen LogP contribution is 2.28. The van der Waals surface area contributed by atoms with Gasteiger partial charge in [-0.1, -0.05) is 0 Å². The molecule has 100 valence electrons. The molecule has 0 saturated carbocycles. The quantitative estimate of drug-likeness (QED) is 0.583. The Hall–Kier alpha value is -2.05. The van der Waals surface area contributed by atoms with E-state index in [9.17, 15) is 8.78 Å². The molecule has 1 atom stereocenters. The first-order chi connectivity index (χ1) is 9.02. The molecule has 0 fully saturated rings. The number of nitrogen functional groups attached to an aromatic ring is 1. The number of pyridine rings is 1. The topological polar surface area (TPSA) is 77.0 Å². The summed E-state index contributed by atoms with van der Waals surface area (Å²) < 4.78 is 26.6. The summed E-state index contributed by atoms with van der Waals surface area (Å²) in [6.45, 7) is 1.83. The highest BCUT2D eigenvalue weighted by atomic mass is 19.1. The van der Waals surface area contributed by atoms with Crippen LogP contribution in [0.15, 0.2) is 30.5 Å². The van der Waals surface area contributed by atoms with Crippen LogP contribution in [0, 0.1) is 18.6 Å². The predicted molar refractivity (Wildman–Crippen MR) is 68.9 cm³/mol. The van der Waals surface area contributed by atoms with Crippen molar-refractivity contribution in [2.24, 2.45) is 5.84 Å². The van der Waals surface area contributed by atoms with Crippen LogP contribution in [0.3, 0.4) is 0 Å². The van der Waals surface area contributed by atoms with Gasteiger partial charge in [-0.3, -0.25) is 5.84 Å². The maximum Gasteiger partial charge on any atom is 0.128 e. The average molecular weight is 264 g/mol. The Morgan fingerprint density at radius 2 is 1.84 bits per heavy atom. The Morgan fingerprint density at radius 1 is 1.21 bits per heavy atom. The zero-order chi connectivity index (χ0) is 14.0. The highest BCUT2D eigenvalue weighted by Gasteiger charge is 2.19. The minimum absolute atomic E-state index is 0.271. The summed E-state index contributed by atoms with van der Waals surface area (Å²) in [5.41, 5.74) is 10.1.